The number of hydrogen-bond donors (Lipinski definition) is 2. The Morgan fingerprint density at radius 3 is 2.82 bits per heavy atom. The molecule has 0 saturated carbocycles. The predicted molar refractivity (Wildman–Crippen MR) is 64.4 cm³/mol. The third-order valence-electron chi connectivity index (χ3n) is 1.84. The van der Waals surface area contributed by atoms with Crippen molar-refractivity contribution in [1.29, 1.82) is 0 Å². The van der Waals surface area contributed by atoms with Crippen molar-refractivity contribution in [2.75, 3.05) is 17.1 Å². The molecule has 0 saturated heterocycles. The number of nitrogens with one attached hydrogen (secondary N) is 1. The summed E-state index contributed by atoms with van der Waals surface area (Å²) < 4.78 is 30.5. The first-order valence-electron chi connectivity index (χ1n) is 5.17. The number of aromatic nitrogens is 1. The lowest BCUT2D eigenvalue weighted by Gasteiger charge is -2.10. The van der Waals surface area contributed by atoms with Gasteiger partial charge < -0.3 is 9.84 Å². The van der Waals surface area contributed by atoms with E-state index in [0.29, 0.717) is 0 Å². The first kappa shape index (κ1) is 13.7. The van der Waals surface area contributed by atoms with Crippen LogP contribution >= 0.6 is 0 Å². The van der Waals surface area contributed by atoms with E-state index < -0.39 is 10.0 Å². The van der Waals surface area contributed by atoms with Crippen molar-refractivity contribution < 1.29 is 18.3 Å². The van der Waals surface area contributed by atoms with Crippen LogP contribution in [0, 0.1) is 0 Å². The summed E-state index contributed by atoms with van der Waals surface area (Å²) in [6.07, 6.45) is 1.37. The summed E-state index contributed by atoms with van der Waals surface area (Å²) in [6.45, 7) is 3.75. The largest absolute Gasteiger partial charge is 0.504 e. The molecule has 0 radical (unpaired) electrons. The van der Waals surface area contributed by atoms with E-state index in [1.807, 2.05) is 13.8 Å². The van der Waals surface area contributed by atoms with E-state index in [1.54, 1.807) is 0 Å². The van der Waals surface area contributed by atoms with Crippen molar-refractivity contribution in [3.63, 3.8) is 0 Å². The van der Waals surface area contributed by atoms with Gasteiger partial charge in [-0.15, -0.1) is 0 Å². The molecule has 2 N–H and O–H groups in total. The van der Waals surface area contributed by atoms with Crippen LogP contribution in [0.25, 0.3) is 0 Å². The van der Waals surface area contributed by atoms with Crippen molar-refractivity contribution in [3.05, 3.63) is 18.3 Å². The van der Waals surface area contributed by atoms with Crippen LogP contribution in [0.2, 0.25) is 0 Å². The van der Waals surface area contributed by atoms with Gasteiger partial charge in [-0.3, -0.25) is 4.72 Å². The normalized spacial score (nSPS) is 11.7. The molecule has 1 aromatic heterocycles. The Hall–Kier alpha value is -1.34. The van der Waals surface area contributed by atoms with Crippen LogP contribution < -0.4 is 4.72 Å². The van der Waals surface area contributed by atoms with Crippen LogP contribution in [0.15, 0.2) is 18.3 Å². The van der Waals surface area contributed by atoms with E-state index in [2.05, 4.69) is 9.71 Å². The molecule has 0 atom stereocenters. The molecule has 0 fully saturated rings. The van der Waals surface area contributed by atoms with Crippen molar-refractivity contribution in [2.45, 2.75) is 20.0 Å². The molecule has 96 valence electrons. The fourth-order valence-corrected chi connectivity index (χ4v) is 1.94. The van der Waals surface area contributed by atoms with Gasteiger partial charge in [0.2, 0.25) is 10.0 Å². The topological polar surface area (TPSA) is 88.5 Å². The Morgan fingerprint density at radius 1 is 1.53 bits per heavy atom. The summed E-state index contributed by atoms with van der Waals surface area (Å²) in [5.41, 5.74) is 0. The SMILES string of the molecule is CC(C)OCCS(=O)(=O)Nc1ncccc1O. The van der Waals surface area contributed by atoms with E-state index in [1.165, 1.54) is 18.3 Å². The molecule has 1 rings (SSSR count). The highest BCUT2D eigenvalue weighted by atomic mass is 32.2. The summed E-state index contributed by atoms with van der Waals surface area (Å²) in [4.78, 5) is 3.73. The second kappa shape index (κ2) is 5.83. The molecule has 0 aliphatic rings. The van der Waals surface area contributed by atoms with Gasteiger partial charge in [0, 0.05) is 6.20 Å². The average molecular weight is 260 g/mol. The Balaban J connectivity index is 2.58. The van der Waals surface area contributed by atoms with Crippen molar-refractivity contribution in [2.24, 2.45) is 0 Å². The quantitative estimate of drug-likeness (QED) is 0.795. The minimum absolute atomic E-state index is 0.0200. The second-order valence-corrected chi connectivity index (χ2v) is 5.55. The van der Waals surface area contributed by atoms with Crippen LogP contribution in [0.1, 0.15) is 13.8 Å². The zero-order chi connectivity index (χ0) is 12.9. The van der Waals surface area contributed by atoms with Gasteiger partial charge in [0.05, 0.1) is 18.5 Å². The molecule has 0 unspecified atom stereocenters. The highest BCUT2D eigenvalue weighted by Gasteiger charge is 2.13. The minimum atomic E-state index is -3.55. The van der Waals surface area contributed by atoms with E-state index >= 15 is 0 Å². The van der Waals surface area contributed by atoms with Gasteiger partial charge in [0.1, 0.15) is 0 Å². The zero-order valence-corrected chi connectivity index (χ0v) is 10.6. The lowest BCUT2D eigenvalue weighted by atomic mass is 10.4. The van der Waals surface area contributed by atoms with Crippen LogP contribution in [0.5, 0.6) is 5.75 Å². The molecule has 0 aliphatic heterocycles. The monoisotopic (exact) mass is 260 g/mol. The van der Waals surface area contributed by atoms with Gasteiger partial charge >= 0.3 is 0 Å². The maximum atomic E-state index is 11.6. The number of sulfonamides is 1. The predicted octanol–water partition coefficient (Wildman–Crippen LogP) is 0.954. The fourth-order valence-electron chi connectivity index (χ4n) is 1.07. The number of hydrogen-bond acceptors (Lipinski definition) is 5. The van der Waals surface area contributed by atoms with E-state index in [9.17, 15) is 13.5 Å². The smallest absolute Gasteiger partial charge is 0.236 e. The standard InChI is InChI=1S/C10H16N2O4S/c1-8(2)16-6-7-17(14,15)12-10-9(13)4-3-5-11-10/h3-5,8,13H,6-7H2,1-2H3,(H,11,12). The molecule has 0 aromatic carbocycles. The summed E-state index contributed by atoms with van der Waals surface area (Å²) in [6, 6.07) is 2.87. The first-order chi connectivity index (χ1) is 7.91. The van der Waals surface area contributed by atoms with Gasteiger partial charge in [-0.25, -0.2) is 13.4 Å². The maximum absolute atomic E-state index is 11.6. The van der Waals surface area contributed by atoms with Crippen LogP contribution in [0.3, 0.4) is 0 Å². The Bertz CT molecular complexity index is 459. The number of ether oxygens (including phenoxy) is 1. The maximum Gasteiger partial charge on any atom is 0.236 e. The molecule has 0 amide bonds. The highest BCUT2D eigenvalue weighted by Crippen LogP contribution is 2.19. The van der Waals surface area contributed by atoms with Gasteiger partial charge in [-0.2, -0.15) is 0 Å². The Labute approximate surface area is 101 Å². The van der Waals surface area contributed by atoms with Gasteiger partial charge in [-0.1, -0.05) is 0 Å². The number of pyridine rings is 1. The van der Waals surface area contributed by atoms with E-state index in [0.717, 1.165) is 0 Å². The van der Waals surface area contributed by atoms with Gasteiger partial charge in [0.15, 0.2) is 11.6 Å². The minimum Gasteiger partial charge on any atom is -0.504 e. The van der Waals surface area contributed by atoms with E-state index in [4.69, 9.17) is 4.74 Å². The van der Waals surface area contributed by atoms with Gasteiger partial charge in [-0.05, 0) is 26.0 Å². The molecular weight excluding hydrogens is 244 g/mol. The molecule has 6 nitrogen and oxygen atoms in total. The van der Waals surface area contributed by atoms with Crippen LogP contribution in [0.4, 0.5) is 5.82 Å². The summed E-state index contributed by atoms with van der Waals surface area (Å²) >= 11 is 0. The summed E-state index contributed by atoms with van der Waals surface area (Å²) in [5.74, 6) is -0.459. The molecule has 0 bridgehead atoms. The zero-order valence-electron chi connectivity index (χ0n) is 9.75. The lowest BCUT2D eigenvalue weighted by Crippen LogP contribution is -2.22. The Morgan fingerprint density at radius 2 is 2.24 bits per heavy atom. The molecule has 7 heteroatoms. The molecule has 0 spiro atoms. The lowest BCUT2D eigenvalue weighted by molar-refractivity contribution is 0.0913. The highest BCUT2D eigenvalue weighted by molar-refractivity contribution is 7.92. The average Bonchev–Trinajstić information content (AvgIpc) is 2.20. The third-order valence-corrected chi connectivity index (χ3v) is 3.05. The summed E-state index contributed by atoms with van der Waals surface area (Å²) in [7, 11) is -3.55. The third kappa shape index (κ3) is 5.01. The van der Waals surface area contributed by atoms with Crippen molar-refractivity contribution in [1.82, 2.24) is 4.98 Å². The summed E-state index contributed by atoms with van der Waals surface area (Å²) in [5, 5.41) is 9.37. The fraction of sp³-hybridized carbons (Fsp3) is 0.500. The molecule has 1 heterocycles. The molecule has 0 aliphatic carbocycles. The number of nitrogens with zero attached hydrogens (tertiary/aromatic N) is 1. The van der Waals surface area contributed by atoms with Gasteiger partial charge in [0.25, 0.3) is 0 Å². The second-order valence-electron chi connectivity index (χ2n) is 3.71. The molecule has 17 heavy (non-hydrogen) atoms. The first-order valence-corrected chi connectivity index (χ1v) is 6.82. The van der Waals surface area contributed by atoms with E-state index in [-0.39, 0.29) is 30.0 Å². The molecular formula is C10H16N2O4S. The Kier molecular flexibility index (Phi) is 4.71. The number of aromatic hydroxyl groups is 1. The number of rotatable bonds is 6. The van der Waals surface area contributed by atoms with Crippen molar-refractivity contribution in [3.8, 4) is 5.75 Å². The molecule has 1 aromatic rings. The number of anilines is 1. The van der Waals surface area contributed by atoms with Crippen LogP contribution in [-0.2, 0) is 14.8 Å². The van der Waals surface area contributed by atoms with Crippen LogP contribution in [-0.4, -0.2) is 37.0 Å². The van der Waals surface area contributed by atoms with Crippen molar-refractivity contribution >= 4 is 15.8 Å².